The van der Waals surface area contributed by atoms with Gasteiger partial charge in [0.05, 0.1) is 7.11 Å². The summed E-state index contributed by atoms with van der Waals surface area (Å²) in [4.78, 5) is 11.9. The molecule has 25 heavy (non-hydrogen) atoms. The van der Waals surface area contributed by atoms with Crippen molar-refractivity contribution in [3.8, 4) is 11.5 Å². The summed E-state index contributed by atoms with van der Waals surface area (Å²) in [7, 11) is 3.43. The first-order valence-electron chi connectivity index (χ1n) is 8.94. The Morgan fingerprint density at radius 2 is 2.04 bits per heavy atom. The molecule has 140 valence electrons. The Hall–Kier alpha value is -2.01. The maximum Gasteiger partial charge on any atom is 0.220 e. The lowest BCUT2D eigenvalue weighted by Crippen LogP contribution is -2.22. The second-order valence-corrected chi connectivity index (χ2v) is 6.32. The molecule has 0 saturated heterocycles. The van der Waals surface area contributed by atoms with Gasteiger partial charge in [-0.1, -0.05) is 32.1 Å². The molecule has 0 aliphatic rings. The summed E-state index contributed by atoms with van der Waals surface area (Å²) >= 11 is 0. The van der Waals surface area contributed by atoms with Crippen LogP contribution in [0.25, 0.3) is 0 Å². The SMILES string of the molecule is CNCOc1ccc(CNC(=O)CCCC/C=C/C(C)C)cc1OC. The van der Waals surface area contributed by atoms with E-state index in [1.165, 1.54) is 0 Å². The van der Waals surface area contributed by atoms with E-state index < -0.39 is 0 Å². The zero-order valence-corrected chi connectivity index (χ0v) is 15.9. The fourth-order valence-electron chi connectivity index (χ4n) is 2.30. The normalized spacial score (nSPS) is 11.1. The van der Waals surface area contributed by atoms with E-state index in [4.69, 9.17) is 9.47 Å². The van der Waals surface area contributed by atoms with Crippen molar-refractivity contribution in [2.24, 2.45) is 5.92 Å². The molecule has 2 N–H and O–H groups in total. The van der Waals surface area contributed by atoms with Gasteiger partial charge in [-0.25, -0.2) is 0 Å². The number of unbranched alkanes of at least 4 members (excludes halogenated alkanes) is 2. The van der Waals surface area contributed by atoms with Crippen LogP contribution in [0.3, 0.4) is 0 Å². The number of nitrogens with one attached hydrogen (secondary N) is 2. The van der Waals surface area contributed by atoms with Crippen LogP contribution in [-0.4, -0.2) is 26.8 Å². The third-order valence-electron chi connectivity index (χ3n) is 3.64. The number of methoxy groups -OCH3 is 1. The Bertz CT molecular complexity index is 542. The van der Waals surface area contributed by atoms with Crippen molar-refractivity contribution in [1.29, 1.82) is 0 Å². The lowest BCUT2D eigenvalue weighted by Gasteiger charge is -2.12. The van der Waals surface area contributed by atoms with Gasteiger partial charge in [-0.05, 0) is 49.9 Å². The molecule has 0 aliphatic heterocycles. The molecule has 0 fully saturated rings. The van der Waals surface area contributed by atoms with E-state index >= 15 is 0 Å². The Morgan fingerprint density at radius 1 is 1.24 bits per heavy atom. The van der Waals surface area contributed by atoms with Crippen LogP contribution >= 0.6 is 0 Å². The zero-order valence-electron chi connectivity index (χ0n) is 15.9. The fourth-order valence-corrected chi connectivity index (χ4v) is 2.30. The van der Waals surface area contributed by atoms with E-state index in [-0.39, 0.29) is 5.91 Å². The van der Waals surface area contributed by atoms with Gasteiger partial charge < -0.3 is 14.8 Å². The van der Waals surface area contributed by atoms with E-state index in [0.29, 0.717) is 37.1 Å². The Balaban J connectivity index is 2.33. The molecule has 1 aromatic carbocycles. The minimum Gasteiger partial charge on any atom is -0.493 e. The van der Waals surface area contributed by atoms with Gasteiger partial charge >= 0.3 is 0 Å². The third-order valence-corrected chi connectivity index (χ3v) is 3.64. The van der Waals surface area contributed by atoms with E-state index in [1.54, 1.807) is 7.11 Å². The molecule has 0 aliphatic carbocycles. The molecule has 0 spiro atoms. The minimum absolute atomic E-state index is 0.0855. The van der Waals surface area contributed by atoms with Crippen LogP contribution in [-0.2, 0) is 11.3 Å². The van der Waals surface area contributed by atoms with Crippen molar-refractivity contribution >= 4 is 5.91 Å². The van der Waals surface area contributed by atoms with E-state index in [2.05, 4.69) is 36.6 Å². The summed E-state index contributed by atoms with van der Waals surface area (Å²) in [6, 6.07) is 5.69. The highest BCUT2D eigenvalue weighted by Gasteiger charge is 2.07. The highest BCUT2D eigenvalue weighted by molar-refractivity contribution is 5.75. The Labute approximate surface area is 151 Å². The van der Waals surface area contributed by atoms with Crippen LogP contribution < -0.4 is 20.1 Å². The fraction of sp³-hybridized carbons (Fsp3) is 0.550. The molecule has 0 unspecified atom stereocenters. The van der Waals surface area contributed by atoms with E-state index in [0.717, 1.165) is 24.8 Å². The molecule has 0 saturated carbocycles. The van der Waals surface area contributed by atoms with Crippen LogP contribution in [0.1, 0.15) is 45.1 Å². The average Bonchev–Trinajstić information content (AvgIpc) is 2.61. The van der Waals surface area contributed by atoms with Crippen LogP contribution in [0, 0.1) is 5.92 Å². The number of ether oxygens (including phenoxy) is 2. The van der Waals surface area contributed by atoms with E-state index in [9.17, 15) is 4.79 Å². The monoisotopic (exact) mass is 348 g/mol. The molecule has 0 aromatic heterocycles. The van der Waals surface area contributed by atoms with Gasteiger partial charge in [0.2, 0.25) is 5.91 Å². The van der Waals surface area contributed by atoms with E-state index in [1.807, 2.05) is 25.2 Å². The largest absolute Gasteiger partial charge is 0.493 e. The van der Waals surface area contributed by atoms with Crippen LogP contribution in [0.4, 0.5) is 0 Å². The molecule has 1 amide bonds. The maximum absolute atomic E-state index is 11.9. The third kappa shape index (κ3) is 9.15. The topological polar surface area (TPSA) is 59.6 Å². The van der Waals surface area contributed by atoms with Crippen molar-refractivity contribution in [2.45, 2.75) is 46.1 Å². The summed E-state index contributed by atoms with van der Waals surface area (Å²) in [6.07, 6.45) is 7.97. The van der Waals surface area contributed by atoms with Crippen molar-refractivity contribution < 1.29 is 14.3 Å². The number of rotatable bonds is 12. The summed E-state index contributed by atoms with van der Waals surface area (Å²) < 4.78 is 10.9. The lowest BCUT2D eigenvalue weighted by atomic mass is 10.1. The number of hydrogen-bond donors (Lipinski definition) is 2. The highest BCUT2D eigenvalue weighted by atomic mass is 16.5. The van der Waals surface area contributed by atoms with Gasteiger partial charge in [-0.15, -0.1) is 0 Å². The Kier molecular flexibility index (Phi) is 10.4. The Morgan fingerprint density at radius 3 is 2.72 bits per heavy atom. The first kappa shape index (κ1) is 21.0. The first-order chi connectivity index (χ1) is 12.1. The second kappa shape index (κ2) is 12.4. The van der Waals surface area contributed by atoms with Gasteiger partial charge in [-0.3, -0.25) is 10.1 Å². The quantitative estimate of drug-likeness (QED) is 0.344. The molecule has 0 atom stereocenters. The molecule has 0 heterocycles. The molecule has 5 heteroatoms. The van der Waals surface area contributed by atoms with Gasteiger partial charge in [0.15, 0.2) is 11.5 Å². The molecule has 0 bridgehead atoms. The molecular formula is C20H32N2O3. The lowest BCUT2D eigenvalue weighted by molar-refractivity contribution is -0.121. The number of allylic oxidation sites excluding steroid dienone is 2. The predicted octanol–water partition coefficient (Wildman–Crippen LogP) is 3.64. The first-order valence-corrected chi connectivity index (χ1v) is 8.94. The molecule has 1 rings (SSSR count). The summed E-state index contributed by atoms with van der Waals surface area (Å²) in [5.74, 6) is 2.03. The smallest absolute Gasteiger partial charge is 0.220 e. The number of carbonyl (C=O) groups excluding carboxylic acids is 1. The molecule has 1 aromatic rings. The summed E-state index contributed by atoms with van der Waals surface area (Å²) in [5, 5.41) is 5.88. The number of carbonyl (C=O) groups is 1. The summed E-state index contributed by atoms with van der Waals surface area (Å²) in [5.41, 5.74) is 0.988. The summed E-state index contributed by atoms with van der Waals surface area (Å²) in [6.45, 7) is 5.24. The van der Waals surface area contributed by atoms with Gasteiger partial charge in [0, 0.05) is 13.0 Å². The van der Waals surface area contributed by atoms with Gasteiger partial charge in [-0.2, -0.15) is 0 Å². The van der Waals surface area contributed by atoms with Crippen LogP contribution in [0.2, 0.25) is 0 Å². The van der Waals surface area contributed by atoms with Gasteiger partial charge in [0.1, 0.15) is 6.73 Å². The van der Waals surface area contributed by atoms with Crippen molar-refractivity contribution in [3.05, 3.63) is 35.9 Å². The standard InChI is InChI=1S/C20H32N2O3/c1-16(2)9-7-5-6-8-10-20(23)22-14-17-11-12-18(25-15-21-3)19(13-17)24-4/h7,9,11-13,16,21H,5-6,8,10,14-15H2,1-4H3,(H,22,23)/b9-7+. The zero-order chi connectivity index (χ0) is 18.5. The average molecular weight is 348 g/mol. The predicted molar refractivity (Wildman–Crippen MR) is 102 cm³/mol. The highest BCUT2D eigenvalue weighted by Crippen LogP contribution is 2.27. The van der Waals surface area contributed by atoms with Crippen molar-refractivity contribution in [3.63, 3.8) is 0 Å². The van der Waals surface area contributed by atoms with Crippen molar-refractivity contribution in [2.75, 3.05) is 20.9 Å². The molecule has 0 radical (unpaired) electrons. The van der Waals surface area contributed by atoms with Crippen LogP contribution in [0.5, 0.6) is 11.5 Å². The van der Waals surface area contributed by atoms with Gasteiger partial charge in [0.25, 0.3) is 0 Å². The molecule has 5 nitrogen and oxygen atoms in total. The number of hydrogen-bond acceptors (Lipinski definition) is 4. The number of benzene rings is 1. The second-order valence-electron chi connectivity index (χ2n) is 6.32. The molecular weight excluding hydrogens is 316 g/mol. The minimum atomic E-state index is 0.0855. The maximum atomic E-state index is 11.9. The van der Waals surface area contributed by atoms with Crippen molar-refractivity contribution in [1.82, 2.24) is 10.6 Å². The number of amides is 1. The van der Waals surface area contributed by atoms with Crippen LogP contribution in [0.15, 0.2) is 30.4 Å².